The summed E-state index contributed by atoms with van der Waals surface area (Å²) in [4.78, 5) is 2.49. The molecule has 2 aliphatic heterocycles. The van der Waals surface area contributed by atoms with Gasteiger partial charge in [-0.25, -0.2) is 8.42 Å². The first kappa shape index (κ1) is 20.8. The van der Waals surface area contributed by atoms with Crippen molar-refractivity contribution in [3.63, 3.8) is 0 Å². The lowest BCUT2D eigenvalue weighted by molar-refractivity contribution is 0.278. The molecule has 0 amide bonds. The number of nitrogens with zero attached hydrogens (tertiary/aromatic N) is 2. The summed E-state index contributed by atoms with van der Waals surface area (Å²) in [5.74, 6) is 1.25. The summed E-state index contributed by atoms with van der Waals surface area (Å²) in [7, 11) is -0.536. The number of hydrogen-bond donors (Lipinski definition) is 0. The first-order chi connectivity index (χ1) is 15.4. The molecule has 3 aromatic carbocycles. The maximum atomic E-state index is 13.9. The van der Waals surface area contributed by atoms with Crippen molar-refractivity contribution < 1.29 is 17.9 Å². The van der Waals surface area contributed by atoms with E-state index in [1.165, 1.54) is 0 Å². The van der Waals surface area contributed by atoms with Crippen LogP contribution in [-0.2, 0) is 23.0 Å². The van der Waals surface area contributed by atoms with E-state index in [2.05, 4.69) is 11.0 Å². The highest BCUT2D eigenvalue weighted by Gasteiger charge is 2.43. The molecule has 0 saturated heterocycles. The Bertz CT molecular complexity index is 1270. The van der Waals surface area contributed by atoms with Crippen LogP contribution in [0.15, 0.2) is 65.6 Å². The van der Waals surface area contributed by atoms with Gasteiger partial charge >= 0.3 is 0 Å². The largest absolute Gasteiger partial charge is 0.493 e. The molecule has 0 N–H and O–H groups in total. The number of ether oxygens (including phenoxy) is 2. The first-order valence-electron chi connectivity index (χ1n) is 10.6. The van der Waals surface area contributed by atoms with Crippen molar-refractivity contribution in [3.8, 4) is 11.5 Å². The molecule has 5 rings (SSSR count). The van der Waals surface area contributed by atoms with E-state index in [1.807, 2.05) is 49.4 Å². The van der Waals surface area contributed by atoms with Crippen LogP contribution in [0.4, 0.5) is 5.69 Å². The van der Waals surface area contributed by atoms with Crippen LogP contribution in [0.2, 0.25) is 0 Å². The molecule has 1 atom stereocenters. The molecule has 0 fully saturated rings. The Kier molecular flexibility index (Phi) is 5.10. The summed E-state index contributed by atoms with van der Waals surface area (Å²) in [6.45, 7) is 2.97. The lowest BCUT2D eigenvalue weighted by Crippen LogP contribution is -2.50. The van der Waals surface area contributed by atoms with Crippen molar-refractivity contribution in [1.29, 1.82) is 0 Å². The van der Waals surface area contributed by atoms with E-state index in [-0.39, 0.29) is 0 Å². The second-order valence-corrected chi connectivity index (χ2v) is 10.1. The van der Waals surface area contributed by atoms with Crippen LogP contribution in [0.3, 0.4) is 0 Å². The minimum absolute atomic E-state index is 0.301. The fraction of sp³-hybridized carbons (Fsp3) is 0.280. The van der Waals surface area contributed by atoms with Crippen LogP contribution >= 0.6 is 0 Å². The average molecular weight is 451 g/mol. The summed E-state index contributed by atoms with van der Waals surface area (Å²) in [5.41, 5.74) is 5.11. The van der Waals surface area contributed by atoms with Crippen molar-refractivity contribution in [2.45, 2.75) is 31.0 Å². The number of anilines is 1. The summed E-state index contributed by atoms with van der Waals surface area (Å²) in [5, 5.41) is 0. The number of sulfonamides is 1. The average Bonchev–Trinajstić information content (AvgIpc) is 2.82. The Hall–Kier alpha value is -3.03. The van der Waals surface area contributed by atoms with Crippen molar-refractivity contribution in [2.24, 2.45) is 0 Å². The minimum Gasteiger partial charge on any atom is -0.493 e. The number of para-hydroxylation sites is 1. The summed E-state index contributed by atoms with van der Waals surface area (Å²) >= 11 is 0. The monoisotopic (exact) mass is 450 g/mol. The molecule has 32 heavy (non-hydrogen) atoms. The Morgan fingerprint density at radius 1 is 0.906 bits per heavy atom. The molecule has 0 bridgehead atoms. The lowest BCUT2D eigenvalue weighted by atomic mass is 9.93. The van der Waals surface area contributed by atoms with E-state index in [9.17, 15) is 8.42 Å². The predicted octanol–water partition coefficient (Wildman–Crippen LogP) is 4.28. The molecule has 2 aliphatic rings. The molecule has 166 valence electrons. The van der Waals surface area contributed by atoms with Crippen LogP contribution < -0.4 is 14.4 Å². The van der Waals surface area contributed by atoms with Gasteiger partial charge in [0.05, 0.1) is 19.1 Å². The Morgan fingerprint density at radius 2 is 1.59 bits per heavy atom. The topological polar surface area (TPSA) is 59.1 Å². The van der Waals surface area contributed by atoms with Gasteiger partial charge in [-0.2, -0.15) is 4.31 Å². The maximum absolute atomic E-state index is 13.9. The van der Waals surface area contributed by atoms with Gasteiger partial charge in [-0.1, -0.05) is 35.9 Å². The van der Waals surface area contributed by atoms with Crippen LogP contribution in [0.25, 0.3) is 0 Å². The number of benzene rings is 3. The van der Waals surface area contributed by atoms with Gasteiger partial charge in [0.25, 0.3) is 0 Å². The van der Waals surface area contributed by atoms with E-state index in [0.717, 1.165) is 34.4 Å². The van der Waals surface area contributed by atoms with Crippen molar-refractivity contribution in [2.75, 3.05) is 25.7 Å². The van der Waals surface area contributed by atoms with Crippen molar-refractivity contribution in [3.05, 3.63) is 82.9 Å². The molecule has 0 saturated carbocycles. The van der Waals surface area contributed by atoms with E-state index >= 15 is 0 Å². The summed E-state index contributed by atoms with van der Waals surface area (Å²) < 4.78 is 40.5. The third-order valence-corrected chi connectivity index (χ3v) is 8.18. The molecular weight excluding hydrogens is 424 g/mol. The van der Waals surface area contributed by atoms with E-state index < -0.39 is 16.2 Å². The second kappa shape index (κ2) is 7.83. The van der Waals surface area contributed by atoms with Gasteiger partial charge in [-0.15, -0.1) is 0 Å². The summed E-state index contributed by atoms with van der Waals surface area (Å²) in [6, 6.07) is 19.0. The molecule has 7 heteroatoms. The minimum atomic E-state index is -3.75. The number of hydrogen-bond acceptors (Lipinski definition) is 5. The zero-order valence-electron chi connectivity index (χ0n) is 18.4. The molecule has 3 aromatic rings. The van der Waals surface area contributed by atoms with Crippen molar-refractivity contribution >= 4 is 15.7 Å². The quantitative estimate of drug-likeness (QED) is 0.594. The Labute approximate surface area is 189 Å². The lowest BCUT2D eigenvalue weighted by Gasteiger charge is -2.48. The fourth-order valence-corrected chi connectivity index (χ4v) is 6.28. The van der Waals surface area contributed by atoms with Crippen LogP contribution in [0.5, 0.6) is 11.5 Å². The van der Waals surface area contributed by atoms with E-state index in [1.54, 1.807) is 30.7 Å². The van der Waals surface area contributed by atoms with Gasteiger partial charge in [0, 0.05) is 18.8 Å². The smallest absolute Gasteiger partial charge is 0.245 e. The van der Waals surface area contributed by atoms with Crippen LogP contribution in [-0.4, -0.2) is 33.5 Å². The van der Waals surface area contributed by atoms with Gasteiger partial charge in [-0.3, -0.25) is 0 Å². The highest BCUT2D eigenvalue weighted by atomic mass is 32.2. The van der Waals surface area contributed by atoms with Gasteiger partial charge < -0.3 is 14.4 Å². The number of methoxy groups -OCH3 is 2. The van der Waals surface area contributed by atoms with Gasteiger partial charge in [0.1, 0.15) is 6.17 Å². The number of rotatable bonds is 4. The standard InChI is InChI=1S/C25H26N2O4S/c1-17-8-10-20(11-9-17)32(28,29)27-16-19-6-4-5-7-22(19)26-13-12-18-14-23(30-2)24(31-3)15-21(18)25(26)27/h4-11,14-15,25H,12-13,16H2,1-3H3/t25-/m0/s1. The predicted molar refractivity (Wildman–Crippen MR) is 124 cm³/mol. The molecule has 2 heterocycles. The van der Waals surface area contributed by atoms with Crippen LogP contribution in [0, 0.1) is 6.92 Å². The highest BCUT2D eigenvalue weighted by molar-refractivity contribution is 7.89. The Morgan fingerprint density at radius 3 is 2.31 bits per heavy atom. The van der Waals surface area contributed by atoms with E-state index in [4.69, 9.17) is 9.47 Å². The second-order valence-electron chi connectivity index (χ2n) is 8.22. The fourth-order valence-electron chi connectivity index (χ4n) is 4.73. The molecule has 0 aromatic heterocycles. The van der Waals surface area contributed by atoms with Gasteiger partial charge in [0.15, 0.2) is 11.5 Å². The SMILES string of the molecule is COc1cc2c(cc1OC)[C@H]1N(CC2)c2ccccc2CN1S(=O)(=O)c1ccc(C)cc1. The highest BCUT2D eigenvalue weighted by Crippen LogP contribution is 2.47. The molecule has 0 aliphatic carbocycles. The number of aryl methyl sites for hydroxylation is 1. The molecule has 0 spiro atoms. The molecule has 0 radical (unpaired) electrons. The van der Waals surface area contributed by atoms with Crippen molar-refractivity contribution in [1.82, 2.24) is 4.31 Å². The van der Waals surface area contributed by atoms with E-state index in [0.29, 0.717) is 29.5 Å². The molecule has 6 nitrogen and oxygen atoms in total. The Balaban J connectivity index is 1.71. The number of fused-ring (bicyclic) bond motifs is 5. The van der Waals surface area contributed by atoms with Crippen LogP contribution in [0.1, 0.15) is 28.4 Å². The normalized spacial score (nSPS) is 17.8. The summed E-state index contributed by atoms with van der Waals surface area (Å²) in [6.07, 6.45) is 0.332. The maximum Gasteiger partial charge on any atom is 0.245 e. The molecule has 0 unspecified atom stereocenters. The first-order valence-corrected chi connectivity index (χ1v) is 12.1. The zero-order chi connectivity index (χ0) is 22.5. The van der Waals surface area contributed by atoms with Gasteiger partial charge in [-0.05, 0) is 60.4 Å². The zero-order valence-corrected chi connectivity index (χ0v) is 19.2. The van der Waals surface area contributed by atoms with Gasteiger partial charge in [0.2, 0.25) is 10.0 Å². The molecular formula is C25H26N2O4S. The third-order valence-electron chi connectivity index (χ3n) is 6.37. The third kappa shape index (κ3) is 3.24.